The van der Waals surface area contributed by atoms with Crippen LogP contribution >= 0.6 is 0 Å². The molecule has 1 N–H and O–H groups in total. The van der Waals surface area contributed by atoms with E-state index in [9.17, 15) is 14.4 Å². The molecule has 0 aliphatic carbocycles. The number of imide groups is 1. The Morgan fingerprint density at radius 2 is 2.18 bits per heavy atom. The van der Waals surface area contributed by atoms with E-state index in [0.29, 0.717) is 5.76 Å². The minimum Gasteiger partial charge on any atom is -0.468 e. The van der Waals surface area contributed by atoms with Crippen molar-refractivity contribution in [2.75, 3.05) is 13.7 Å². The van der Waals surface area contributed by atoms with Gasteiger partial charge in [-0.2, -0.15) is 0 Å². The molecule has 2 fully saturated rings. The van der Waals surface area contributed by atoms with Crippen LogP contribution in [-0.4, -0.2) is 41.9 Å². The van der Waals surface area contributed by atoms with E-state index in [2.05, 4.69) is 5.32 Å². The summed E-state index contributed by atoms with van der Waals surface area (Å²) in [5.74, 6) is -2.10. The average molecular weight is 306 g/mol. The van der Waals surface area contributed by atoms with Crippen LogP contribution in [0.1, 0.15) is 25.6 Å². The Morgan fingerprint density at radius 3 is 2.73 bits per heavy atom. The zero-order chi connectivity index (χ0) is 16.1. The maximum absolute atomic E-state index is 12.6. The van der Waals surface area contributed by atoms with E-state index in [0.717, 1.165) is 0 Å². The molecule has 0 radical (unpaired) electrons. The van der Waals surface area contributed by atoms with Crippen molar-refractivity contribution in [3.05, 3.63) is 24.2 Å². The standard InChI is InChI=1S/C15H18N2O5/c1-4-17-12(18)9-10(13(17)19)15(2,14(20)21-3)16-11(9)8-6-5-7-22-8/h5-7,9-11,16H,4H2,1-3H3/t9-,10-,11-,15+/m0/s1. The molecule has 1 aromatic rings. The number of fused-ring (bicyclic) bond motifs is 1. The second-order valence-corrected chi connectivity index (χ2v) is 5.76. The summed E-state index contributed by atoms with van der Waals surface area (Å²) in [6.07, 6.45) is 1.50. The Labute approximate surface area is 127 Å². The molecule has 1 aromatic heterocycles. The fourth-order valence-corrected chi connectivity index (χ4v) is 3.62. The van der Waals surface area contributed by atoms with Crippen molar-refractivity contribution in [2.24, 2.45) is 11.8 Å². The van der Waals surface area contributed by atoms with Crippen molar-refractivity contribution in [3.63, 3.8) is 0 Å². The number of nitrogens with zero attached hydrogens (tertiary/aromatic N) is 1. The van der Waals surface area contributed by atoms with Gasteiger partial charge in [-0.3, -0.25) is 24.6 Å². The Hall–Kier alpha value is -2.15. The molecule has 2 amide bonds. The van der Waals surface area contributed by atoms with Crippen molar-refractivity contribution >= 4 is 17.8 Å². The van der Waals surface area contributed by atoms with Crippen LogP contribution in [0.3, 0.4) is 0 Å². The van der Waals surface area contributed by atoms with Gasteiger partial charge in [-0.1, -0.05) is 0 Å². The number of ether oxygens (including phenoxy) is 1. The van der Waals surface area contributed by atoms with Gasteiger partial charge in [-0.15, -0.1) is 0 Å². The second-order valence-electron chi connectivity index (χ2n) is 5.76. The van der Waals surface area contributed by atoms with Crippen molar-refractivity contribution in [1.29, 1.82) is 0 Å². The Morgan fingerprint density at radius 1 is 1.45 bits per heavy atom. The fraction of sp³-hybridized carbons (Fsp3) is 0.533. The molecule has 2 aliphatic rings. The molecule has 0 bridgehead atoms. The van der Waals surface area contributed by atoms with Gasteiger partial charge in [-0.25, -0.2) is 0 Å². The third-order valence-corrected chi connectivity index (χ3v) is 4.65. The number of rotatable bonds is 3. The van der Waals surface area contributed by atoms with Gasteiger partial charge in [0.25, 0.3) is 0 Å². The lowest BCUT2D eigenvalue weighted by Gasteiger charge is -2.27. The summed E-state index contributed by atoms with van der Waals surface area (Å²) in [5.41, 5.74) is -1.26. The van der Waals surface area contributed by atoms with Crippen LogP contribution in [0.25, 0.3) is 0 Å². The summed E-state index contributed by atoms with van der Waals surface area (Å²) in [6, 6.07) is 2.90. The molecule has 7 heteroatoms. The SMILES string of the molecule is CCN1C(=O)[C@H]2[C@@H](C1=O)[C@](C)(C(=O)OC)N[C@H]2c1ccco1. The van der Waals surface area contributed by atoms with E-state index in [4.69, 9.17) is 9.15 Å². The number of furan rings is 1. The number of nitrogens with one attached hydrogen (secondary N) is 1. The summed E-state index contributed by atoms with van der Waals surface area (Å²) in [5, 5.41) is 3.09. The number of hydrogen-bond donors (Lipinski definition) is 1. The first-order valence-electron chi connectivity index (χ1n) is 7.20. The van der Waals surface area contributed by atoms with Gasteiger partial charge in [0.2, 0.25) is 11.8 Å². The van der Waals surface area contributed by atoms with E-state index >= 15 is 0 Å². The first kappa shape index (κ1) is 14.8. The monoisotopic (exact) mass is 306 g/mol. The molecule has 0 saturated carbocycles. The van der Waals surface area contributed by atoms with Crippen LogP contribution < -0.4 is 5.32 Å². The average Bonchev–Trinajstić information content (AvgIpc) is 3.17. The third kappa shape index (κ3) is 1.75. The minimum absolute atomic E-state index is 0.279. The van der Waals surface area contributed by atoms with Crippen LogP contribution in [0, 0.1) is 11.8 Å². The molecule has 22 heavy (non-hydrogen) atoms. The van der Waals surface area contributed by atoms with Gasteiger partial charge in [0.1, 0.15) is 11.3 Å². The molecule has 118 valence electrons. The van der Waals surface area contributed by atoms with Crippen LogP contribution in [-0.2, 0) is 19.1 Å². The van der Waals surface area contributed by atoms with Gasteiger partial charge >= 0.3 is 5.97 Å². The highest BCUT2D eigenvalue weighted by atomic mass is 16.5. The van der Waals surface area contributed by atoms with Crippen LogP contribution in [0.4, 0.5) is 0 Å². The highest BCUT2D eigenvalue weighted by Crippen LogP contribution is 2.48. The maximum Gasteiger partial charge on any atom is 0.326 e. The normalized spacial score (nSPS) is 34.1. The molecular formula is C15H18N2O5. The van der Waals surface area contributed by atoms with Crippen LogP contribution in [0.5, 0.6) is 0 Å². The number of hydrogen-bond acceptors (Lipinski definition) is 6. The largest absolute Gasteiger partial charge is 0.468 e. The molecule has 2 saturated heterocycles. The van der Waals surface area contributed by atoms with Gasteiger partial charge < -0.3 is 9.15 Å². The number of amides is 2. The van der Waals surface area contributed by atoms with Crippen molar-refractivity contribution < 1.29 is 23.5 Å². The molecule has 3 heterocycles. The van der Waals surface area contributed by atoms with Crippen LogP contribution in [0.2, 0.25) is 0 Å². The number of likely N-dealkylation sites (tertiary alicyclic amines) is 1. The number of carbonyl (C=O) groups is 3. The number of carbonyl (C=O) groups excluding carboxylic acids is 3. The summed E-state index contributed by atoms with van der Waals surface area (Å²) < 4.78 is 10.2. The lowest BCUT2D eigenvalue weighted by Crippen LogP contribution is -2.53. The highest BCUT2D eigenvalue weighted by molar-refractivity contribution is 6.09. The number of esters is 1. The summed E-state index contributed by atoms with van der Waals surface area (Å²) in [7, 11) is 1.27. The predicted molar refractivity (Wildman–Crippen MR) is 74.4 cm³/mol. The van der Waals surface area contributed by atoms with Crippen molar-refractivity contribution in [3.8, 4) is 0 Å². The fourth-order valence-electron chi connectivity index (χ4n) is 3.62. The Kier molecular flexibility index (Phi) is 3.32. The summed E-state index contributed by atoms with van der Waals surface area (Å²) >= 11 is 0. The van der Waals surface area contributed by atoms with Crippen molar-refractivity contribution in [1.82, 2.24) is 10.2 Å². The second kappa shape index (κ2) is 4.95. The maximum atomic E-state index is 12.6. The van der Waals surface area contributed by atoms with E-state index in [-0.39, 0.29) is 18.4 Å². The molecule has 0 aromatic carbocycles. The number of methoxy groups -OCH3 is 1. The highest BCUT2D eigenvalue weighted by Gasteiger charge is 2.67. The lowest BCUT2D eigenvalue weighted by molar-refractivity contribution is -0.153. The lowest BCUT2D eigenvalue weighted by atomic mass is 9.81. The smallest absolute Gasteiger partial charge is 0.326 e. The van der Waals surface area contributed by atoms with E-state index in [1.54, 1.807) is 26.0 Å². The minimum atomic E-state index is -1.26. The van der Waals surface area contributed by atoms with Gasteiger partial charge in [0, 0.05) is 6.54 Å². The zero-order valence-corrected chi connectivity index (χ0v) is 12.7. The molecule has 2 aliphatic heterocycles. The van der Waals surface area contributed by atoms with Gasteiger partial charge in [0.15, 0.2) is 0 Å². The Bertz CT molecular complexity index is 626. The zero-order valence-electron chi connectivity index (χ0n) is 12.7. The molecule has 7 nitrogen and oxygen atoms in total. The summed E-state index contributed by atoms with van der Waals surface area (Å²) in [6.45, 7) is 3.62. The molecular weight excluding hydrogens is 288 g/mol. The molecule has 0 spiro atoms. The van der Waals surface area contributed by atoms with E-state index in [1.807, 2.05) is 0 Å². The quantitative estimate of drug-likeness (QED) is 0.645. The first-order valence-corrected chi connectivity index (χ1v) is 7.20. The Balaban J connectivity index is 2.09. The van der Waals surface area contributed by atoms with Gasteiger partial charge in [-0.05, 0) is 26.0 Å². The van der Waals surface area contributed by atoms with Crippen molar-refractivity contribution in [2.45, 2.75) is 25.4 Å². The topological polar surface area (TPSA) is 88.9 Å². The predicted octanol–water partition coefficient (Wildman–Crippen LogP) is 0.477. The molecule has 3 rings (SSSR count). The van der Waals surface area contributed by atoms with E-state index in [1.165, 1.54) is 18.3 Å². The van der Waals surface area contributed by atoms with Gasteiger partial charge in [0.05, 0.1) is 31.3 Å². The summed E-state index contributed by atoms with van der Waals surface area (Å²) in [4.78, 5) is 38.7. The molecule has 0 unspecified atom stereocenters. The molecule has 4 atom stereocenters. The first-order chi connectivity index (χ1) is 10.5. The van der Waals surface area contributed by atoms with Crippen LogP contribution in [0.15, 0.2) is 22.8 Å². The van der Waals surface area contributed by atoms with E-state index < -0.39 is 29.4 Å². The third-order valence-electron chi connectivity index (χ3n) is 4.65.